The molecule has 38 heavy (non-hydrogen) atoms. The number of hydrogen-bond acceptors (Lipinski definition) is 4. The number of halogens is 1. The van der Waals surface area contributed by atoms with E-state index in [4.69, 9.17) is 0 Å². The molecule has 0 radical (unpaired) electrons. The summed E-state index contributed by atoms with van der Waals surface area (Å²) in [4.78, 5) is 28.0. The van der Waals surface area contributed by atoms with Crippen molar-refractivity contribution in [3.63, 3.8) is 0 Å². The van der Waals surface area contributed by atoms with Crippen molar-refractivity contribution in [2.75, 3.05) is 17.4 Å². The first kappa shape index (κ1) is 28.8. The molecule has 0 spiro atoms. The maximum atomic E-state index is 13.8. The maximum Gasteiger partial charge on any atom is 0.264 e. The summed E-state index contributed by atoms with van der Waals surface area (Å²) < 4.78 is 41.8. The SMILES string of the molecule is CC[C@@H](C)NC(=O)[C@@H](C)N(CCc1ccccc1)C(=O)CN(c1ccccc1)S(=O)(=O)c1ccc(F)cc1. The number of carbonyl (C=O) groups excluding carboxylic acids is 2. The van der Waals surface area contributed by atoms with Crippen molar-refractivity contribution in [1.29, 1.82) is 0 Å². The number of nitrogens with zero attached hydrogens (tertiary/aromatic N) is 2. The van der Waals surface area contributed by atoms with Gasteiger partial charge in [0.05, 0.1) is 10.6 Å². The lowest BCUT2D eigenvalue weighted by Crippen LogP contribution is -2.53. The van der Waals surface area contributed by atoms with Crippen LogP contribution in [0.4, 0.5) is 10.1 Å². The van der Waals surface area contributed by atoms with Crippen molar-refractivity contribution in [1.82, 2.24) is 10.2 Å². The van der Waals surface area contributed by atoms with Crippen molar-refractivity contribution in [2.45, 2.75) is 50.6 Å². The van der Waals surface area contributed by atoms with Crippen LogP contribution in [0.25, 0.3) is 0 Å². The van der Waals surface area contributed by atoms with Crippen LogP contribution in [0.15, 0.2) is 89.8 Å². The standard InChI is InChI=1S/C29H34FN3O4S/c1-4-22(2)31-29(35)23(3)32(20-19-24-11-7-5-8-12-24)28(34)21-33(26-13-9-6-10-14-26)38(36,37)27-17-15-25(30)16-18-27/h5-18,22-23H,4,19-21H2,1-3H3,(H,31,35)/t22-,23-/m1/s1. The average Bonchev–Trinajstić information content (AvgIpc) is 2.92. The molecule has 2 amide bonds. The summed E-state index contributed by atoms with van der Waals surface area (Å²) in [5.74, 6) is -1.41. The third-order valence-electron chi connectivity index (χ3n) is 6.38. The Labute approximate surface area is 224 Å². The van der Waals surface area contributed by atoms with Gasteiger partial charge in [0.1, 0.15) is 18.4 Å². The molecule has 0 aliphatic carbocycles. The Morgan fingerprint density at radius 2 is 1.47 bits per heavy atom. The number of anilines is 1. The van der Waals surface area contributed by atoms with E-state index in [0.717, 1.165) is 28.4 Å². The molecule has 0 heterocycles. The Morgan fingerprint density at radius 1 is 0.895 bits per heavy atom. The predicted octanol–water partition coefficient (Wildman–Crippen LogP) is 4.40. The summed E-state index contributed by atoms with van der Waals surface area (Å²) in [6.07, 6.45) is 1.22. The van der Waals surface area contributed by atoms with Gasteiger partial charge in [0.2, 0.25) is 11.8 Å². The van der Waals surface area contributed by atoms with Crippen LogP contribution < -0.4 is 9.62 Å². The van der Waals surface area contributed by atoms with E-state index in [1.807, 2.05) is 44.2 Å². The van der Waals surface area contributed by atoms with Gasteiger partial charge in [0.25, 0.3) is 10.0 Å². The van der Waals surface area contributed by atoms with Gasteiger partial charge < -0.3 is 10.2 Å². The van der Waals surface area contributed by atoms with E-state index in [1.165, 1.54) is 17.0 Å². The molecule has 0 fully saturated rings. The second-order valence-electron chi connectivity index (χ2n) is 9.12. The average molecular weight is 540 g/mol. The van der Waals surface area contributed by atoms with E-state index in [0.29, 0.717) is 6.42 Å². The van der Waals surface area contributed by atoms with E-state index in [9.17, 15) is 22.4 Å². The fourth-order valence-electron chi connectivity index (χ4n) is 3.89. The molecule has 7 nitrogen and oxygen atoms in total. The van der Waals surface area contributed by atoms with E-state index in [-0.39, 0.29) is 29.1 Å². The monoisotopic (exact) mass is 539 g/mol. The summed E-state index contributed by atoms with van der Waals surface area (Å²) in [6.45, 7) is 5.16. The highest BCUT2D eigenvalue weighted by molar-refractivity contribution is 7.92. The molecule has 3 rings (SSSR count). The van der Waals surface area contributed by atoms with Crippen molar-refractivity contribution < 1.29 is 22.4 Å². The Balaban J connectivity index is 1.94. The van der Waals surface area contributed by atoms with Gasteiger partial charge in [-0.25, -0.2) is 12.8 Å². The molecule has 0 aliphatic rings. The van der Waals surface area contributed by atoms with Crippen LogP contribution in [-0.2, 0) is 26.0 Å². The number of para-hydroxylation sites is 1. The van der Waals surface area contributed by atoms with Gasteiger partial charge in [-0.1, -0.05) is 55.5 Å². The van der Waals surface area contributed by atoms with E-state index >= 15 is 0 Å². The molecule has 202 valence electrons. The van der Waals surface area contributed by atoms with Crippen LogP contribution in [0.5, 0.6) is 0 Å². The van der Waals surface area contributed by atoms with E-state index in [2.05, 4.69) is 5.32 Å². The lowest BCUT2D eigenvalue weighted by Gasteiger charge is -2.32. The molecule has 0 aromatic heterocycles. The van der Waals surface area contributed by atoms with E-state index in [1.54, 1.807) is 37.3 Å². The number of rotatable bonds is 12. The quantitative estimate of drug-likeness (QED) is 0.370. The van der Waals surface area contributed by atoms with Gasteiger partial charge in [-0.15, -0.1) is 0 Å². The third kappa shape index (κ3) is 7.41. The van der Waals surface area contributed by atoms with Crippen LogP contribution in [0.3, 0.4) is 0 Å². The number of benzene rings is 3. The molecular weight excluding hydrogens is 505 g/mol. The largest absolute Gasteiger partial charge is 0.352 e. The van der Waals surface area contributed by atoms with Crippen LogP contribution in [0.1, 0.15) is 32.8 Å². The number of amides is 2. The molecule has 0 unspecified atom stereocenters. The first-order valence-electron chi connectivity index (χ1n) is 12.6. The Bertz CT molecular complexity index is 1300. The molecule has 0 saturated carbocycles. The lowest BCUT2D eigenvalue weighted by atomic mass is 10.1. The molecule has 0 bridgehead atoms. The predicted molar refractivity (Wildman–Crippen MR) is 147 cm³/mol. The number of sulfonamides is 1. The van der Waals surface area contributed by atoms with E-state index < -0.39 is 34.3 Å². The van der Waals surface area contributed by atoms with Crippen molar-refractivity contribution in [3.05, 3.63) is 96.3 Å². The molecule has 9 heteroatoms. The lowest BCUT2D eigenvalue weighted by molar-refractivity contribution is -0.139. The van der Waals surface area contributed by atoms with Crippen LogP contribution in [-0.4, -0.2) is 50.3 Å². The van der Waals surface area contributed by atoms with Crippen LogP contribution in [0.2, 0.25) is 0 Å². The minimum Gasteiger partial charge on any atom is -0.352 e. The maximum absolute atomic E-state index is 13.8. The zero-order chi connectivity index (χ0) is 27.7. The number of carbonyl (C=O) groups is 2. The number of nitrogens with one attached hydrogen (secondary N) is 1. The summed E-state index contributed by atoms with van der Waals surface area (Å²) in [5, 5.41) is 2.91. The first-order chi connectivity index (χ1) is 18.1. The molecule has 2 atom stereocenters. The Morgan fingerprint density at radius 3 is 2.05 bits per heavy atom. The minimum absolute atomic E-state index is 0.0734. The summed E-state index contributed by atoms with van der Waals surface area (Å²) in [7, 11) is -4.22. The normalized spacial score (nSPS) is 12.8. The third-order valence-corrected chi connectivity index (χ3v) is 8.17. The molecule has 1 N–H and O–H groups in total. The Hall–Kier alpha value is -3.72. The zero-order valence-electron chi connectivity index (χ0n) is 21.9. The van der Waals surface area contributed by atoms with Crippen LogP contribution >= 0.6 is 0 Å². The highest BCUT2D eigenvalue weighted by Gasteiger charge is 2.32. The second kappa shape index (κ2) is 13.2. The molecular formula is C29H34FN3O4S. The first-order valence-corrected chi connectivity index (χ1v) is 14.0. The fourth-order valence-corrected chi connectivity index (χ4v) is 5.31. The highest BCUT2D eigenvalue weighted by Crippen LogP contribution is 2.24. The van der Waals surface area contributed by atoms with Gasteiger partial charge in [-0.05, 0) is 68.7 Å². The summed E-state index contributed by atoms with van der Waals surface area (Å²) >= 11 is 0. The summed E-state index contributed by atoms with van der Waals surface area (Å²) in [5.41, 5.74) is 1.27. The van der Waals surface area contributed by atoms with Crippen molar-refractivity contribution >= 4 is 27.5 Å². The van der Waals surface area contributed by atoms with Gasteiger partial charge in [-0.3, -0.25) is 13.9 Å². The zero-order valence-corrected chi connectivity index (χ0v) is 22.7. The summed E-state index contributed by atoms with van der Waals surface area (Å²) in [6, 6.07) is 21.4. The smallest absolute Gasteiger partial charge is 0.264 e. The van der Waals surface area contributed by atoms with Crippen molar-refractivity contribution in [2.24, 2.45) is 0 Å². The van der Waals surface area contributed by atoms with Crippen molar-refractivity contribution in [3.8, 4) is 0 Å². The molecule has 3 aromatic carbocycles. The Kier molecular flexibility index (Phi) is 10.0. The minimum atomic E-state index is -4.22. The number of hydrogen-bond donors (Lipinski definition) is 1. The van der Waals surface area contributed by atoms with Gasteiger partial charge in [-0.2, -0.15) is 0 Å². The van der Waals surface area contributed by atoms with Gasteiger partial charge >= 0.3 is 0 Å². The van der Waals surface area contributed by atoms with Gasteiger partial charge in [0, 0.05) is 12.6 Å². The fraction of sp³-hybridized carbons (Fsp3) is 0.310. The van der Waals surface area contributed by atoms with Crippen LogP contribution in [0, 0.1) is 5.82 Å². The molecule has 0 aliphatic heterocycles. The van der Waals surface area contributed by atoms with Gasteiger partial charge in [0.15, 0.2) is 0 Å². The highest BCUT2D eigenvalue weighted by atomic mass is 32.2. The molecule has 0 saturated heterocycles. The topological polar surface area (TPSA) is 86.8 Å². The second-order valence-corrected chi connectivity index (χ2v) is 11.0. The molecule has 3 aromatic rings.